The quantitative estimate of drug-likeness (QED) is 0.661. The minimum atomic E-state index is -4.41. The van der Waals surface area contributed by atoms with Gasteiger partial charge in [0.15, 0.2) is 0 Å². The molecule has 6 heteroatoms. The summed E-state index contributed by atoms with van der Waals surface area (Å²) in [6.07, 6.45) is -4.66. The molecule has 84 valence electrons. The fraction of sp³-hybridized carbons (Fsp3) is 0.875. The number of halogens is 3. The molecule has 0 saturated heterocycles. The average molecular weight is 213 g/mol. The number of carboxylic acid groups (broad SMARTS) is 1. The third-order valence-electron chi connectivity index (χ3n) is 1.83. The van der Waals surface area contributed by atoms with Crippen LogP contribution in [-0.2, 0) is 4.79 Å². The fourth-order valence-corrected chi connectivity index (χ4v) is 1.13. The van der Waals surface area contributed by atoms with Crippen molar-refractivity contribution in [1.82, 2.24) is 0 Å². The van der Waals surface area contributed by atoms with E-state index in [1.807, 2.05) is 0 Å². The lowest BCUT2D eigenvalue weighted by atomic mass is 9.98. The molecule has 1 atom stereocenters. The fourth-order valence-electron chi connectivity index (χ4n) is 1.13. The van der Waals surface area contributed by atoms with Gasteiger partial charge in [0.25, 0.3) is 0 Å². The molecule has 0 aromatic carbocycles. The summed E-state index contributed by atoms with van der Waals surface area (Å²) >= 11 is 0. The molecule has 0 aliphatic rings. The van der Waals surface area contributed by atoms with Gasteiger partial charge in [0, 0.05) is 0 Å². The van der Waals surface area contributed by atoms with Crippen molar-refractivity contribution in [2.24, 2.45) is 11.7 Å². The monoisotopic (exact) mass is 213 g/mol. The third kappa shape index (κ3) is 6.71. The number of aliphatic carboxylic acids is 1. The molecule has 0 heterocycles. The summed E-state index contributed by atoms with van der Waals surface area (Å²) in [7, 11) is 0. The van der Waals surface area contributed by atoms with Crippen LogP contribution in [0, 0.1) is 5.92 Å². The number of nitrogens with two attached hydrogens (primary N) is 1. The summed E-state index contributed by atoms with van der Waals surface area (Å²) in [4.78, 5) is 10.4. The molecule has 0 aliphatic heterocycles. The lowest BCUT2D eigenvalue weighted by Gasteiger charge is -2.13. The van der Waals surface area contributed by atoms with Crippen LogP contribution in [0.25, 0.3) is 0 Å². The highest BCUT2D eigenvalue weighted by atomic mass is 19.4. The number of hydrogen-bond donors (Lipinski definition) is 2. The molecular weight excluding hydrogens is 199 g/mol. The Kier molecular flexibility index (Phi) is 5.52. The Morgan fingerprint density at radius 3 is 2.29 bits per heavy atom. The highest BCUT2D eigenvalue weighted by Crippen LogP contribution is 2.27. The maximum absolute atomic E-state index is 11.9. The minimum Gasteiger partial charge on any atom is -0.481 e. The number of alkyl halides is 3. The van der Waals surface area contributed by atoms with E-state index in [-0.39, 0.29) is 6.42 Å². The van der Waals surface area contributed by atoms with Crippen molar-refractivity contribution in [1.29, 1.82) is 0 Å². The van der Waals surface area contributed by atoms with Gasteiger partial charge in [-0.3, -0.25) is 4.79 Å². The van der Waals surface area contributed by atoms with Crippen LogP contribution >= 0.6 is 0 Å². The molecule has 0 aromatic heterocycles. The second-order valence-corrected chi connectivity index (χ2v) is 3.14. The summed E-state index contributed by atoms with van der Waals surface area (Å²) in [5.74, 6) is -2.72. The molecule has 14 heavy (non-hydrogen) atoms. The highest BCUT2D eigenvalue weighted by Gasteiger charge is 2.34. The average Bonchev–Trinajstić information content (AvgIpc) is 2.00. The normalized spacial score (nSPS) is 14.0. The Hall–Kier alpha value is -0.780. The molecule has 0 spiro atoms. The van der Waals surface area contributed by atoms with Crippen molar-refractivity contribution in [3.63, 3.8) is 0 Å². The molecular formula is C8H14F3NO2. The number of carboxylic acids is 1. The topological polar surface area (TPSA) is 63.3 Å². The van der Waals surface area contributed by atoms with Gasteiger partial charge in [-0.25, -0.2) is 0 Å². The molecule has 0 amide bonds. The zero-order valence-electron chi connectivity index (χ0n) is 7.68. The van der Waals surface area contributed by atoms with E-state index < -0.39 is 24.5 Å². The summed E-state index contributed by atoms with van der Waals surface area (Å²) < 4.78 is 35.7. The smallest absolute Gasteiger partial charge is 0.389 e. The summed E-state index contributed by atoms with van der Waals surface area (Å²) in [6, 6.07) is 0. The van der Waals surface area contributed by atoms with Crippen molar-refractivity contribution in [2.45, 2.75) is 31.9 Å². The van der Waals surface area contributed by atoms with Crippen LogP contribution in [0.1, 0.15) is 25.7 Å². The van der Waals surface area contributed by atoms with E-state index in [1.165, 1.54) is 0 Å². The van der Waals surface area contributed by atoms with Gasteiger partial charge in [-0.2, -0.15) is 13.2 Å². The van der Waals surface area contributed by atoms with E-state index in [4.69, 9.17) is 10.8 Å². The zero-order chi connectivity index (χ0) is 11.2. The SMILES string of the molecule is NCCCCC(CC(F)(F)F)C(=O)O. The molecule has 0 rings (SSSR count). The number of carbonyl (C=O) groups is 1. The van der Waals surface area contributed by atoms with Gasteiger partial charge in [-0.05, 0) is 19.4 Å². The largest absolute Gasteiger partial charge is 0.481 e. The molecule has 0 bridgehead atoms. The lowest BCUT2D eigenvalue weighted by Crippen LogP contribution is -2.22. The maximum atomic E-state index is 11.9. The molecule has 0 aromatic rings. The van der Waals surface area contributed by atoms with Gasteiger partial charge in [-0.15, -0.1) is 0 Å². The van der Waals surface area contributed by atoms with E-state index in [1.54, 1.807) is 0 Å². The van der Waals surface area contributed by atoms with Gasteiger partial charge in [-0.1, -0.05) is 6.42 Å². The first-order valence-corrected chi connectivity index (χ1v) is 4.36. The van der Waals surface area contributed by atoms with Crippen molar-refractivity contribution >= 4 is 5.97 Å². The van der Waals surface area contributed by atoms with Gasteiger partial charge in [0.2, 0.25) is 0 Å². The molecule has 1 unspecified atom stereocenters. The summed E-state index contributed by atoms with van der Waals surface area (Å²) in [5, 5.41) is 8.50. The second kappa shape index (κ2) is 5.85. The molecule has 0 radical (unpaired) electrons. The predicted octanol–water partition coefficient (Wildman–Crippen LogP) is 1.77. The van der Waals surface area contributed by atoms with E-state index >= 15 is 0 Å². The molecule has 0 fully saturated rings. The first-order chi connectivity index (χ1) is 6.37. The first-order valence-electron chi connectivity index (χ1n) is 4.36. The van der Waals surface area contributed by atoms with Crippen LogP contribution in [0.5, 0.6) is 0 Å². The van der Waals surface area contributed by atoms with Crippen molar-refractivity contribution in [3.05, 3.63) is 0 Å². The Labute approximate surface area is 80.1 Å². The van der Waals surface area contributed by atoms with Gasteiger partial charge in [0.05, 0.1) is 12.3 Å². The van der Waals surface area contributed by atoms with Crippen LogP contribution in [0.15, 0.2) is 0 Å². The zero-order valence-corrected chi connectivity index (χ0v) is 7.68. The Morgan fingerprint density at radius 1 is 1.36 bits per heavy atom. The third-order valence-corrected chi connectivity index (χ3v) is 1.83. The van der Waals surface area contributed by atoms with Gasteiger partial charge < -0.3 is 10.8 Å². The van der Waals surface area contributed by atoms with Gasteiger partial charge >= 0.3 is 12.1 Å². The van der Waals surface area contributed by atoms with E-state index in [9.17, 15) is 18.0 Å². The molecule has 3 N–H and O–H groups in total. The Bertz CT molecular complexity index is 182. The predicted molar refractivity (Wildman–Crippen MR) is 44.7 cm³/mol. The summed E-state index contributed by atoms with van der Waals surface area (Å²) in [6.45, 7) is 0.373. The second-order valence-electron chi connectivity index (χ2n) is 3.14. The van der Waals surface area contributed by atoms with E-state index in [2.05, 4.69) is 0 Å². The number of hydrogen-bond acceptors (Lipinski definition) is 2. The molecule has 3 nitrogen and oxygen atoms in total. The van der Waals surface area contributed by atoms with Crippen LogP contribution in [0.2, 0.25) is 0 Å². The minimum absolute atomic E-state index is 0.0338. The lowest BCUT2D eigenvalue weighted by molar-refractivity contribution is -0.164. The van der Waals surface area contributed by atoms with Crippen LogP contribution in [-0.4, -0.2) is 23.8 Å². The van der Waals surface area contributed by atoms with Gasteiger partial charge in [0.1, 0.15) is 0 Å². The van der Waals surface area contributed by atoms with E-state index in [0.29, 0.717) is 19.4 Å². The van der Waals surface area contributed by atoms with Crippen molar-refractivity contribution in [2.75, 3.05) is 6.54 Å². The van der Waals surface area contributed by atoms with Crippen LogP contribution < -0.4 is 5.73 Å². The molecule has 0 aliphatic carbocycles. The van der Waals surface area contributed by atoms with E-state index in [0.717, 1.165) is 0 Å². The summed E-state index contributed by atoms with van der Waals surface area (Å²) in [5.41, 5.74) is 5.15. The number of unbranched alkanes of at least 4 members (excludes halogenated alkanes) is 1. The Morgan fingerprint density at radius 2 is 1.93 bits per heavy atom. The highest BCUT2D eigenvalue weighted by molar-refractivity contribution is 5.69. The molecule has 0 saturated carbocycles. The standard InChI is InChI=1S/C8H14F3NO2/c9-8(10,11)5-6(7(13)14)3-1-2-4-12/h6H,1-5,12H2,(H,13,14). The van der Waals surface area contributed by atoms with Crippen LogP contribution in [0.3, 0.4) is 0 Å². The van der Waals surface area contributed by atoms with Crippen molar-refractivity contribution in [3.8, 4) is 0 Å². The van der Waals surface area contributed by atoms with Crippen LogP contribution in [0.4, 0.5) is 13.2 Å². The van der Waals surface area contributed by atoms with Crippen molar-refractivity contribution < 1.29 is 23.1 Å². The maximum Gasteiger partial charge on any atom is 0.389 e. The first kappa shape index (κ1) is 13.2. The Balaban J connectivity index is 3.97. The number of rotatable bonds is 6.